The summed E-state index contributed by atoms with van der Waals surface area (Å²) in [4.78, 5) is 13.0. The largest absolute Gasteiger partial charge is 0.416 e. The Morgan fingerprint density at radius 2 is 2.05 bits per heavy atom. The van der Waals surface area contributed by atoms with Gasteiger partial charge in [-0.3, -0.25) is 4.79 Å². The lowest BCUT2D eigenvalue weighted by atomic mass is 10.1. The summed E-state index contributed by atoms with van der Waals surface area (Å²) in [6.07, 6.45) is -4.65. The van der Waals surface area contributed by atoms with E-state index in [0.717, 1.165) is 4.90 Å². The Bertz CT molecular complexity index is 548. The first kappa shape index (κ1) is 16.0. The minimum atomic E-state index is -4.65. The summed E-state index contributed by atoms with van der Waals surface area (Å²) in [5.41, 5.74) is -1.75. The number of amides is 1. The van der Waals surface area contributed by atoms with Crippen LogP contribution in [0.25, 0.3) is 0 Å². The maximum absolute atomic E-state index is 13.5. The second kappa shape index (κ2) is 5.90. The molecule has 7 heteroatoms. The second-order valence-corrected chi connectivity index (χ2v) is 4.32. The fourth-order valence-electron chi connectivity index (χ4n) is 1.52. The Labute approximate surface area is 113 Å². The second-order valence-electron chi connectivity index (χ2n) is 4.32. The van der Waals surface area contributed by atoms with Gasteiger partial charge in [0.2, 0.25) is 0 Å². The van der Waals surface area contributed by atoms with Gasteiger partial charge in [0, 0.05) is 13.1 Å². The summed E-state index contributed by atoms with van der Waals surface area (Å²) >= 11 is 0. The van der Waals surface area contributed by atoms with Gasteiger partial charge in [-0.1, -0.05) is 0 Å². The predicted molar refractivity (Wildman–Crippen MR) is 63.2 cm³/mol. The number of nitrogens with zero attached hydrogens (tertiary/aromatic N) is 2. The molecule has 1 rings (SSSR count). The van der Waals surface area contributed by atoms with Crippen molar-refractivity contribution in [1.29, 1.82) is 5.26 Å². The lowest BCUT2D eigenvalue weighted by Crippen LogP contribution is -2.35. The fraction of sp³-hybridized carbons (Fsp3) is 0.385. The minimum absolute atomic E-state index is 0.00280. The van der Waals surface area contributed by atoms with E-state index in [1.165, 1.54) is 7.05 Å². The molecule has 0 spiro atoms. The van der Waals surface area contributed by atoms with Crippen LogP contribution in [0.2, 0.25) is 0 Å². The van der Waals surface area contributed by atoms with Crippen LogP contribution in [0.3, 0.4) is 0 Å². The van der Waals surface area contributed by atoms with Crippen LogP contribution in [-0.4, -0.2) is 23.9 Å². The lowest BCUT2D eigenvalue weighted by Gasteiger charge is -2.23. The van der Waals surface area contributed by atoms with Crippen molar-refractivity contribution in [3.8, 4) is 6.07 Å². The van der Waals surface area contributed by atoms with Crippen LogP contribution in [0.1, 0.15) is 29.3 Å². The summed E-state index contributed by atoms with van der Waals surface area (Å²) in [7, 11) is 1.31. The number of carbonyl (C=O) groups excluding carboxylic acids is 1. The molecule has 1 amide bonds. The van der Waals surface area contributed by atoms with Crippen LogP contribution in [0.5, 0.6) is 0 Å². The molecule has 0 N–H and O–H groups in total. The van der Waals surface area contributed by atoms with Gasteiger partial charge in [-0.25, -0.2) is 4.39 Å². The molecule has 0 aliphatic rings. The van der Waals surface area contributed by atoms with Crippen LogP contribution >= 0.6 is 0 Å². The van der Waals surface area contributed by atoms with Crippen molar-refractivity contribution in [2.24, 2.45) is 0 Å². The van der Waals surface area contributed by atoms with Crippen LogP contribution < -0.4 is 0 Å². The standard InChI is InChI=1S/C13H12F4N2O/c1-8(5-6-18)19(2)12(20)10-7-9(13(15,16)17)3-4-11(10)14/h3-4,7-8H,5H2,1-2H3. The van der Waals surface area contributed by atoms with Gasteiger partial charge >= 0.3 is 6.18 Å². The van der Waals surface area contributed by atoms with E-state index in [-0.39, 0.29) is 6.42 Å². The monoisotopic (exact) mass is 288 g/mol. The van der Waals surface area contributed by atoms with Crippen molar-refractivity contribution in [3.05, 3.63) is 35.1 Å². The van der Waals surface area contributed by atoms with E-state index in [0.29, 0.717) is 18.2 Å². The molecule has 0 aliphatic heterocycles. The van der Waals surface area contributed by atoms with Gasteiger partial charge in [0.1, 0.15) is 5.82 Å². The van der Waals surface area contributed by atoms with Gasteiger partial charge < -0.3 is 4.90 Å². The highest BCUT2D eigenvalue weighted by Crippen LogP contribution is 2.30. The normalized spacial score (nSPS) is 12.7. The number of benzene rings is 1. The van der Waals surface area contributed by atoms with Gasteiger partial charge in [0.05, 0.1) is 23.6 Å². The highest BCUT2D eigenvalue weighted by molar-refractivity contribution is 5.94. The fourth-order valence-corrected chi connectivity index (χ4v) is 1.52. The molecule has 0 bridgehead atoms. The zero-order chi connectivity index (χ0) is 15.5. The number of carbonyl (C=O) groups is 1. The number of hydrogen-bond acceptors (Lipinski definition) is 2. The average Bonchev–Trinajstić information content (AvgIpc) is 2.36. The molecule has 20 heavy (non-hydrogen) atoms. The van der Waals surface area contributed by atoms with Gasteiger partial charge in [-0.15, -0.1) is 0 Å². The smallest absolute Gasteiger partial charge is 0.338 e. The Morgan fingerprint density at radius 1 is 1.45 bits per heavy atom. The SMILES string of the molecule is CC(CC#N)N(C)C(=O)c1cc(C(F)(F)F)ccc1F. The number of rotatable bonds is 3. The molecule has 1 unspecified atom stereocenters. The molecule has 1 atom stereocenters. The van der Waals surface area contributed by atoms with Crippen molar-refractivity contribution in [1.82, 2.24) is 4.90 Å². The van der Waals surface area contributed by atoms with Crippen molar-refractivity contribution < 1.29 is 22.4 Å². The molecule has 3 nitrogen and oxygen atoms in total. The first-order valence-corrected chi connectivity index (χ1v) is 5.69. The molecule has 0 saturated heterocycles. The van der Waals surface area contributed by atoms with Gasteiger partial charge in [0.15, 0.2) is 0 Å². The summed E-state index contributed by atoms with van der Waals surface area (Å²) in [5, 5.41) is 8.53. The summed E-state index contributed by atoms with van der Waals surface area (Å²) < 4.78 is 51.2. The molecule has 0 fully saturated rings. The van der Waals surface area contributed by atoms with Crippen LogP contribution in [0.15, 0.2) is 18.2 Å². The van der Waals surface area contributed by atoms with Gasteiger partial charge in [0.25, 0.3) is 5.91 Å². The van der Waals surface area contributed by atoms with Crippen LogP contribution in [0, 0.1) is 17.1 Å². The third-order valence-corrected chi connectivity index (χ3v) is 2.89. The molecule has 0 aromatic heterocycles. The molecule has 0 aliphatic carbocycles. The topological polar surface area (TPSA) is 44.1 Å². The lowest BCUT2D eigenvalue weighted by molar-refractivity contribution is -0.137. The molecular weight excluding hydrogens is 276 g/mol. The molecule has 0 heterocycles. The molecule has 0 saturated carbocycles. The van der Waals surface area contributed by atoms with E-state index >= 15 is 0 Å². The third-order valence-electron chi connectivity index (χ3n) is 2.89. The van der Waals surface area contributed by atoms with Crippen molar-refractivity contribution in [2.75, 3.05) is 7.05 Å². The zero-order valence-electron chi connectivity index (χ0n) is 10.8. The van der Waals surface area contributed by atoms with E-state index in [1.54, 1.807) is 6.92 Å². The minimum Gasteiger partial charge on any atom is -0.338 e. The highest BCUT2D eigenvalue weighted by Gasteiger charge is 2.32. The predicted octanol–water partition coefficient (Wildman–Crippen LogP) is 3.22. The number of hydrogen-bond donors (Lipinski definition) is 0. The van der Waals surface area contributed by atoms with E-state index in [2.05, 4.69) is 0 Å². The zero-order valence-corrected chi connectivity index (χ0v) is 10.8. The maximum atomic E-state index is 13.5. The quantitative estimate of drug-likeness (QED) is 0.802. The van der Waals surface area contributed by atoms with E-state index in [1.807, 2.05) is 6.07 Å². The highest BCUT2D eigenvalue weighted by atomic mass is 19.4. The van der Waals surface area contributed by atoms with Crippen molar-refractivity contribution in [3.63, 3.8) is 0 Å². The van der Waals surface area contributed by atoms with Gasteiger partial charge in [-0.05, 0) is 25.1 Å². The maximum Gasteiger partial charge on any atom is 0.416 e. The number of nitriles is 1. The molecule has 1 aromatic carbocycles. The first-order chi connectivity index (χ1) is 9.18. The average molecular weight is 288 g/mol. The molecule has 1 aromatic rings. The Hall–Kier alpha value is -2.10. The number of halogens is 4. The first-order valence-electron chi connectivity index (χ1n) is 5.69. The molecule has 108 valence electrons. The van der Waals surface area contributed by atoms with Crippen LogP contribution in [-0.2, 0) is 6.18 Å². The van der Waals surface area contributed by atoms with E-state index in [4.69, 9.17) is 5.26 Å². The van der Waals surface area contributed by atoms with Crippen molar-refractivity contribution >= 4 is 5.91 Å². The Morgan fingerprint density at radius 3 is 2.55 bits per heavy atom. The summed E-state index contributed by atoms with van der Waals surface area (Å²) in [6, 6.07) is 2.97. The van der Waals surface area contributed by atoms with Crippen LogP contribution in [0.4, 0.5) is 17.6 Å². The molecule has 0 radical (unpaired) electrons. The van der Waals surface area contributed by atoms with Crippen molar-refractivity contribution in [2.45, 2.75) is 25.6 Å². The molecular formula is C13H12F4N2O. The van der Waals surface area contributed by atoms with E-state index < -0.39 is 35.1 Å². The van der Waals surface area contributed by atoms with Gasteiger partial charge in [-0.2, -0.15) is 18.4 Å². The third kappa shape index (κ3) is 3.47. The Kier molecular flexibility index (Phi) is 4.71. The summed E-state index contributed by atoms with van der Waals surface area (Å²) in [6.45, 7) is 1.55. The number of alkyl halides is 3. The summed E-state index contributed by atoms with van der Waals surface area (Å²) in [5.74, 6) is -1.92. The Balaban J connectivity index is 3.13. The van der Waals surface area contributed by atoms with E-state index in [9.17, 15) is 22.4 Å².